The van der Waals surface area contributed by atoms with Crippen LogP contribution in [0.1, 0.15) is 0 Å². The molecule has 2 heterocycles. The highest BCUT2D eigenvalue weighted by atomic mass is 16.5. The number of hydrogen-bond donors (Lipinski definition) is 1. The van der Waals surface area contributed by atoms with Gasteiger partial charge in [-0.1, -0.05) is 0 Å². The van der Waals surface area contributed by atoms with E-state index in [2.05, 4.69) is 4.90 Å². The molecular weight excluding hydrogens is 142 g/mol. The Hall–Kier alpha value is -0.160. The molecule has 2 aliphatic heterocycles. The third kappa shape index (κ3) is 1.27. The summed E-state index contributed by atoms with van der Waals surface area (Å²) in [5, 5.41) is 1.85. The van der Waals surface area contributed by atoms with Gasteiger partial charge in [0.2, 0.25) is 0 Å². The highest BCUT2D eigenvalue weighted by Gasteiger charge is 2.37. The summed E-state index contributed by atoms with van der Waals surface area (Å²) < 4.78 is 5.18. The maximum atomic E-state index is 5.53. The molecule has 2 saturated heterocycles. The Morgan fingerprint density at radius 1 is 1.27 bits per heavy atom. The highest BCUT2D eigenvalue weighted by Crippen LogP contribution is 2.19. The molecule has 4 heteroatoms. The number of ether oxygens (including phenoxy) is 1. The minimum Gasteiger partial charge on any atom is -0.379 e. The van der Waals surface area contributed by atoms with Gasteiger partial charge in [-0.2, -0.15) is 0 Å². The first-order valence-corrected chi connectivity index (χ1v) is 4.06. The highest BCUT2D eigenvalue weighted by molar-refractivity contribution is 4.92. The fourth-order valence-corrected chi connectivity index (χ4v) is 1.64. The number of hydrogen-bond acceptors (Lipinski definition) is 4. The molecule has 0 amide bonds. The molecule has 2 N–H and O–H groups in total. The lowest BCUT2D eigenvalue weighted by atomic mass is 10.0. The lowest BCUT2D eigenvalue weighted by Gasteiger charge is -2.50. The Kier molecular flexibility index (Phi) is 1.85. The van der Waals surface area contributed by atoms with E-state index in [1.54, 1.807) is 7.11 Å². The van der Waals surface area contributed by atoms with Gasteiger partial charge >= 0.3 is 0 Å². The molecule has 0 bridgehead atoms. The van der Waals surface area contributed by atoms with Crippen LogP contribution in [0.4, 0.5) is 0 Å². The van der Waals surface area contributed by atoms with Crippen LogP contribution in [0, 0.1) is 0 Å². The van der Waals surface area contributed by atoms with Crippen molar-refractivity contribution in [3.05, 3.63) is 0 Å². The molecule has 0 aliphatic carbocycles. The van der Waals surface area contributed by atoms with Crippen LogP contribution in [-0.2, 0) is 4.74 Å². The molecule has 2 rings (SSSR count). The lowest BCUT2D eigenvalue weighted by molar-refractivity contribution is -0.0865. The quantitative estimate of drug-likeness (QED) is 0.515. The number of rotatable bonds is 2. The third-order valence-corrected chi connectivity index (χ3v) is 2.62. The number of likely N-dealkylation sites (tertiary alicyclic amines) is 1. The van der Waals surface area contributed by atoms with Crippen LogP contribution in [0.25, 0.3) is 0 Å². The van der Waals surface area contributed by atoms with Crippen LogP contribution in [0.3, 0.4) is 0 Å². The summed E-state index contributed by atoms with van der Waals surface area (Å²) in [7, 11) is 1.78. The van der Waals surface area contributed by atoms with Crippen molar-refractivity contribution in [3.8, 4) is 0 Å². The Balaban J connectivity index is 1.67. The van der Waals surface area contributed by atoms with Gasteiger partial charge in [-0.25, -0.2) is 5.01 Å². The van der Waals surface area contributed by atoms with Gasteiger partial charge in [0.05, 0.1) is 6.10 Å². The van der Waals surface area contributed by atoms with Gasteiger partial charge in [0, 0.05) is 39.3 Å². The standard InChI is InChI=1S/C7H15N3O/c1-11-7-4-9(5-7)6-2-10(8)3-6/h6-7H,2-5,8H2,1H3. The minimum absolute atomic E-state index is 0.474. The normalized spacial score (nSPS) is 30.0. The van der Waals surface area contributed by atoms with Crippen molar-refractivity contribution >= 4 is 0 Å². The molecule has 2 fully saturated rings. The van der Waals surface area contributed by atoms with Crippen molar-refractivity contribution in [1.29, 1.82) is 0 Å². The summed E-state index contributed by atoms with van der Waals surface area (Å²) in [5.74, 6) is 5.53. The zero-order valence-electron chi connectivity index (χ0n) is 6.86. The molecular formula is C7H15N3O. The van der Waals surface area contributed by atoms with E-state index in [9.17, 15) is 0 Å². The van der Waals surface area contributed by atoms with Gasteiger partial charge in [-0.15, -0.1) is 0 Å². The van der Waals surface area contributed by atoms with Crippen LogP contribution in [-0.4, -0.2) is 55.3 Å². The predicted molar refractivity (Wildman–Crippen MR) is 41.9 cm³/mol. The van der Waals surface area contributed by atoms with Crippen molar-refractivity contribution in [2.24, 2.45) is 5.84 Å². The second-order valence-corrected chi connectivity index (χ2v) is 3.42. The maximum Gasteiger partial charge on any atom is 0.0825 e. The maximum absolute atomic E-state index is 5.53. The summed E-state index contributed by atoms with van der Waals surface area (Å²) >= 11 is 0. The Labute approximate surface area is 66.9 Å². The first-order valence-electron chi connectivity index (χ1n) is 4.06. The van der Waals surface area contributed by atoms with Crippen molar-refractivity contribution in [1.82, 2.24) is 9.91 Å². The molecule has 0 radical (unpaired) electrons. The van der Waals surface area contributed by atoms with E-state index in [1.807, 2.05) is 5.01 Å². The van der Waals surface area contributed by atoms with E-state index in [0.29, 0.717) is 12.1 Å². The summed E-state index contributed by atoms with van der Waals surface area (Å²) in [6, 6.07) is 0.700. The largest absolute Gasteiger partial charge is 0.379 e. The molecule has 2 aliphatic rings. The molecule has 0 atom stereocenters. The molecule has 0 aromatic carbocycles. The Morgan fingerprint density at radius 2 is 1.91 bits per heavy atom. The third-order valence-electron chi connectivity index (χ3n) is 2.62. The molecule has 0 saturated carbocycles. The van der Waals surface area contributed by atoms with Crippen molar-refractivity contribution < 1.29 is 4.74 Å². The van der Waals surface area contributed by atoms with Gasteiger partial charge < -0.3 is 4.74 Å². The van der Waals surface area contributed by atoms with Gasteiger partial charge in [0.25, 0.3) is 0 Å². The summed E-state index contributed by atoms with van der Waals surface area (Å²) in [6.07, 6.45) is 0.474. The van der Waals surface area contributed by atoms with Crippen molar-refractivity contribution in [2.75, 3.05) is 33.3 Å². The molecule has 0 spiro atoms. The van der Waals surface area contributed by atoms with Crippen molar-refractivity contribution in [2.45, 2.75) is 12.1 Å². The van der Waals surface area contributed by atoms with Crippen LogP contribution < -0.4 is 5.84 Å². The average Bonchev–Trinajstić information content (AvgIpc) is 1.81. The topological polar surface area (TPSA) is 41.7 Å². The Bertz CT molecular complexity index is 141. The van der Waals surface area contributed by atoms with E-state index in [0.717, 1.165) is 26.2 Å². The van der Waals surface area contributed by atoms with Crippen LogP contribution in [0.5, 0.6) is 0 Å². The summed E-state index contributed by atoms with van der Waals surface area (Å²) in [4.78, 5) is 2.43. The van der Waals surface area contributed by atoms with E-state index in [4.69, 9.17) is 10.6 Å². The zero-order chi connectivity index (χ0) is 7.84. The first kappa shape index (κ1) is 7.49. The Morgan fingerprint density at radius 3 is 2.36 bits per heavy atom. The minimum atomic E-state index is 0.474. The van der Waals surface area contributed by atoms with Gasteiger partial charge in [-0.3, -0.25) is 10.7 Å². The smallest absolute Gasteiger partial charge is 0.0825 e. The molecule has 0 unspecified atom stereocenters. The molecule has 11 heavy (non-hydrogen) atoms. The number of nitrogens with zero attached hydrogens (tertiary/aromatic N) is 2. The van der Waals surface area contributed by atoms with E-state index in [1.165, 1.54) is 0 Å². The van der Waals surface area contributed by atoms with Crippen LogP contribution >= 0.6 is 0 Å². The fraction of sp³-hybridized carbons (Fsp3) is 1.00. The second kappa shape index (κ2) is 2.71. The molecule has 64 valence electrons. The van der Waals surface area contributed by atoms with E-state index in [-0.39, 0.29) is 0 Å². The first-order chi connectivity index (χ1) is 5.29. The SMILES string of the molecule is COC1CN(C2CN(N)C2)C1. The zero-order valence-corrected chi connectivity index (χ0v) is 6.86. The lowest BCUT2D eigenvalue weighted by Crippen LogP contribution is -2.68. The monoisotopic (exact) mass is 157 g/mol. The van der Waals surface area contributed by atoms with E-state index < -0.39 is 0 Å². The summed E-state index contributed by atoms with van der Waals surface area (Å²) in [5.41, 5.74) is 0. The number of nitrogens with two attached hydrogens (primary N) is 1. The van der Waals surface area contributed by atoms with E-state index >= 15 is 0 Å². The van der Waals surface area contributed by atoms with Crippen LogP contribution in [0.15, 0.2) is 0 Å². The van der Waals surface area contributed by atoms with Crippen LogP contribution in [0.2, 0.25) is 0 Å². The van der Waals surface area contributed by atoms with Gasteiger partial charge in [0.15, 0.2) is 0 Å². The summed E-state index contributed by atoms with van der Waals surface area (Å²) in [6.45, 7) is 4.23. The average molecular weight is 157 g/mol. The van der Waals surface area contributed by atoms with Crippen molar-refractivity contribution in [3.63, 3.8) is 0 Å². The molecule has 0 aromatic rings. The predicted octanol–water partition coefficient (Wildman–Crippen LogP) is -1.13. The van der Waals surface area contributed by atoms with Gasteiger partial charge in [0.1, 0.15) is 0 Å². The molecule has 4 nitrogen and oxygen atoms in total. The number of hydrazine groups is 1. The molecule has 0 aromatic heterocycles. The van der Waals surface area contributed by atoms with Gasteiger partial charge in [-0.05, 0) is 0 Å². The second-order valence-electron chi connectivity index (χ2n) is 3.42. The fourth-order valence-electron chi connectivity index (χ4n) is 1.64. The number of methoxy groups -OCH3 is 1.